The number of hydrogen-bond acceptors (Lipinski definition) is 2. The molecule has 0 aliphatic heterocycles. The van der Waals surface area contributed by atoms with E-state index in [1.807, 2.05) is 0 Å². The van der Waals surface area contributed by atoms with Gasteiger partial charge >= 0.3 is 5.97 Å². The Labute approximate surface area is 224 Å². The van der Waals surface area contributed by atoms with Crippen molar-refractivity contribution in [1.29, 1.82) is 0 Å². The molecule has 3 aromatic carbocycles. The molecule has 0 saturated carbocycles. The summed E-state index contributed by atoms with van der Waals surface area (Å²) in [6.45, 7) is 0. The largest absolute Gasteiger partial charge is 0.469 e. The van der Waals surface area contributed by atoms with Crippen LogP contribution in [0.15, 0.2) is 115 Å². The van der Waals surface area contributed by atoms with Gasteiger partial charge in [-0.25, -0.2) is 0 Å². The molecule has 194 valence electrons. The van der Waals surface area contributed by atoms with E-state index in [0.29, 0.717) is 6.42 Å². The van der Waals surface area contributed by atoms with Crippen LogP contribution in [-0.4, -0.2) is 19.2 Å². The molecule has 0 amide bonds. The van der Waals surface area contributed by atoms with Crippen LogP contribution >= 0.6 is 7.26 Å². The highest BCUT2D eigenvalue weighted by Gasteiger charge is 2.44. The number of carbonyl (C=O) groups excluding carboxylic acids is 1. The van der Waals surface area contributed by atoms with Crippen LogP contribution in [0.5, 0.6) is 0 Å². The second kappa shape index (κ2) is 16.7. The maximum absolute atomic E-state index is 11.1. The number of allylic oxidation sites excluding steroid dienone is 4. The van der Waals surface area contributed by atoms with Crippen LogP contribution in [0.4, 0.5) is 0 Å². The molecule has 2 nitrogen and oxygen atoms in total. The molecule has 0 aromatic heterocycles. The number of ether oxygens (including phenoxy) is 1. The van der Waals surface area contributed by atoms with Crippen molar-refractivity contribution in [2.75, 3.05) is 13.3 Å². The number of hydrogen-bond donors (Lipinski definition) is 0. The zero-order chi connectivity index (χ0) is 26.0. The van der Waals surface area contributed by atoms with Gasteiger partial charge in [0, 0.05) is 12.8 Å². The van der Waals surface area contributed by atoms with Crippen LogP contribution < -0.4 is 15.9 Å². The van der Waals surface area contributed by atoms with Crippen molar-refractivity contribution >= 4 is 29.1 Å². The molecule has 0 atom stereocenters. The zero-order valence-corrected chi connectivity index (χ0v) is 23.2. The summed E-state index contributed by atoms with van der Waals surface area (Å²) in [5.41, 5.74) is 0. The van der Waals surface area contributed by atoms with Crippen molar-refractivity contribution in [3.8, 4) is 0 Å². The van der Waals surface area contributed by atoms with E-state index in [1.54, 1.807) is 0 Å². The minimum atomic E-state index is -1.74. The van der Waals surface area contributed by atoms with Crippen molar-refractivity contribution in [1.82, 2.24) is 0 Å². The molecule has 0 heterocycles. The number of benzene rings is 3. The van der Waals surface area contributed by atoms with Crippen molar-refractivity contribution < 1.29 is 9.53 Å². The van der Waals surface area contributed by atoms with Gasteiger partial charge in [0.15, 0.2) is 0 Å². The summed E-state index contributed by atoms with van der Waals surface area (Å²) in [4.78, 5) is 11.1. The van der Waals surface area contributed by atoms with Crippen molar-refractivity contribution in [2.24, 2.45) is 0 Å². The first-order chi connectivity index (χ1) is 18.3. The smallest absolute Gasteiger partial charge is 0.305 e. The van der Waals surface area contributed by atoms with Gasteiger partial charge in [0.05, 0.1) is 13.3 Å². The average molecular weight is 514 g/mol. The summed E-state index contributed by atoms with van der Waals surface area (Å²) in [7, 11) is -0.281. The van der Waals surface area contributed by atoms with Gasteiger partial charge in [0.25, 0.3) is 0 Å². The lowest BCUT2D eigenvalue weighted by molar-refractivity contribution is -0.140. The standard InChI is InChI=1S/C34H42O2P/c1-36-34(35)29-21-10-8-6-4-2-3-5-7-9-11-22-30-37(31-23-15-12-16-24-31,32-25-17-13-18-26-32)33-27-19-14-20-28-33/h3,5,9,11-20,23-28H,2,4,6-8,10,21-22,29-30H2,1H3/q+1/b5-3-,11-9-. The molecule has 3 aromatic rings. The molecule has 0 saturated heterocycles. The summed E-state index contributed by atoms with van der Waals surface area (Å²) < 4.78 is 4.68. The lowest BCUT2D eigenvalue weighted by Gasteiger charge is -2.27. The zero-order valence-electron chi connectivity index (χ0n) is 22.3. The fraction of sp³-hybridized carbons (Fsp3) is 0.324. The Morgan fingerprint density at radius 3 is 1.59 bits per heavy atom. The topological polar surface area (TPSA) is 26.3 Å². The highest BCUT2D eigenvalue weighted by molar-refractivity contribution is 7.95. The second-order valence-corrected chi connectivity index (χ2v) is 13.0. The van der Waals surface area contributed by atoms with E-state index < -0.39 is 7.26 Å². The van der Waals surface area contributed by atoms with Gasteiger partial charge in [0.1, 0.15) is 23.2 Å². The average Bonchev–Trinajstić information content (AvgIpc) is 2.96. The molecule has 0 radical (unpaired) electrons. The highest BCUT2D eigenvalue weighted by Crippen LogP contribution is 2.55. The third-order valence-electron chi connectivity index (χ3n) is 6.81. The van der Waals surface area contributed by atoms with Crippen LogP contribution in [0.1, 0.15) is 57.8 Å². The summed E-state index contributed by atoms with van der Waals surface area (Å²) in [5.74, 6) is -0.0937. The van der Waals surface area contributed by atoms with Gasteiger partial charge < -0.3 is 4.74 Å². The molecule has 3 rings (SSSR count). The maximum Gasteiger partial charge on any atom is 0.305 e. The number of esters is 1. The second-order valence-electron chi connectivity index (χ2n) is 9.39. The molecule has 0 aliphatic carbocycles. The fourth-order valence-electron chi connectivity index (χ4n) is 4.82. The SMILES string of the molecule is COC(=O)CCCCCCC/C=C\C/C=C\CC[P+](c1ccccc1)(c1ccccc1)c1ccccc1. The Morgan fingerprint density at radius 2 is 1.08 bits per heavy atom. The Morgan fingerprint density at radius 1 is 0.622 bits per heavy atom. The van der Waals surface area contributed by atoms with E-state index in [-0.39, 0.29) is 5.97 Å². The monoisotopic (exact) mass is 513 g/mol. The van der Waals surface area contributed by atoms with E-state index in [9.17, 15) is 4.79 Å². The van der Waals surface area contributed by atoms with Crippen LogP contribution in [0.3, 0.4) is 0 Å². The van der Waals surface area contributed by atoms with Crippen molar-refractivity contribution in [2.45, 2.75) is 57.8 Å². The van der Waals surface area contributed by atoms with Gasteiger partial charge in [-0.05, 0) is 62.1 Å². The molecule has 0 N–H and O–H groups in total. The Bertz CT molecular complexity index is 978. The van der Waals surface area contributed by atoms with E-state index in [0.717, 1.165) is 38.3 Å². The van der Waals surface area contributed by atoms with Crippen molar-refractivity contribution in [3.63, 3.8) is 0 Å². The number of carbonyl (C=O) groups is 1. The van der Waals surface area contributed by atoms with Crippen LogP contribution in [0.25, 0.3) is 0 Å². The third-order valence-corrected chi connectivity index (χ3v) is 11.3. The summed E-state index contributed by atoms with van der Waals surface area (Å²) in [5, 5.41) is 4.35. The highest BCUT2D eigenvalue weighted by atomic mass is 31.2. The minimum Gasteiger partial charge on any atom is -0.469 e. The predicted octanol–water partition coefficient (Wildman–Crippen LogP) is 7.78. The first-order valence-electron chi connectivity index (χ1n) is 13.7. The minimum absolute atomic E-state index is 0.0937. The first-order valence-corrected chi connectivity index (χ1v) is 15.7. The van der Waals surface area contributed by atoms with Crippen LogP contribution in [0, 0.1) is 0 Å². The Kier molecular flexibility index (Phi) is 12.9. The lowest BCUT2D eigenvalue weighted by atomic mass is 10.1. The Balaban J connectivity index is 1.52. The molecule has 0 aliphatic rings. The predicted molar refractivity (Wildman–Crippen MR) is 162 cm³/mol. The molecule has 3 heteroatoms. The number of methoxy groups -OCH3 is 1. The lowest BCUT2D eigenvalue weighted by Crippen LogP contribution is -2.33. The molecular formula is C34H42O2P+. The maximum atomic E-state index is 11.1. The molecule has 0 fully saturated rings. The van der Waals surface area contributed by atoms with E-state index in [2.05, 4.69) is 120 Å². The molecule has 0 bridgehead atoms. The molecule has 0 spiro atoms. The summed E-state index contributed by atoms with van der Waals surface area (Å²) >= 11 is 0. The molecule has 37 heavy (non-hydrogen) atoms. The normalized spacial score (nSPS) is 11.8. The van der Waals surface area contributed by atoms with Crippen molar-refractivity contribution in [3.05, 3.63) is 115 Å². The van der Waals surface area contributed by atoms with Gasteiger partial charge in [-0.2, -0.15) is 0 Å². The van der Waals surface area contributed by atoms with Crippen LogP contribution in [-0.2, 0) is 9.53 Å². The number of unbranched alkanes of at least 4 members (excludes halogenated alkanes) is 5. The summed E-state index contributed by atoms with van der Waals surface area (Å²) in [6, 6.07) is 33.3. The third kappa shape index (κ3) is 9.13. The Hall–Kier alpha value is -2.96. The van der Waals surface area contributed by atoms with Gasteiger partial charge in [0.2, 0.25) is 0 Å². The van der Waals surface area contributed by atoms with E-state index in [4.69, 9.17) is 0 Å². The summed E-state index contributed by atoms with van der Waals surface area (Å²) in [6.07, 6.45) is 19.9. The van der Waals surface area contributed by atoms with Gasteiger partial charge in [-0.15, -0.1) is 0 Å². The molecular weight excluding hydrogens is 471 g/mol. The fourth-order valence-corrected chi connectivity index (χ4v) is 9.07. The van der Waals surface area contributed by atoms with E-state index >= 15 is 0 Å². The van der Waals surface area contributed by atoms with Gasteiger partial charge in [-0.1, -0.05) is 98.2 Å². The van der Waals surface area contributed by atoms with E-state index in [1.165, 1.54) is 42.3 Å². The van der Waals surface area contributed by atoms with Crippen LogP contribution in [0.2, 0.25) is 0 Å². The quantitative estimate of drug-likeness (QED) is 0.0846. The van der Waals surface area contributed by atoms with Gasteiger partial charge in [-0.3, -0.25) is 4.79 Å². The molecule has 0 unspecified atom stereocenters. The number of rotatable bonds is 16. The first kappa shape index (κ1) is 28.6.